The molecule has 2 N–H and O–H groups in total. The van der Waals surface area contributed by atoms with Crippen molar-refractivity contribution in [2.45, 2.75) is 6.54 Å². The van der Waals surface area contributed by atoms with Gasteiger partial charge in [0.2, 0.25) is 0 Å². The first kappa shape index (κ1) is 25.2. The van der Waals surface area contributed by atoms with Crippen molar-refractivity contribution in [3.63, 3.8) is 0 Å². The molecule has 0 aromatic heterocycles. The zero-order chi connectivity index (χ0) is 24.5. The van der Waals surface area contributed by atoms with E-state index in [-0.39, 0.29) is 12.5 Å². The quantitative estimate of drug-likeness (QED) is 0.488. The average molecular weight is 529 g/mol. The van der Waals surface area contributed by atoms with Gasteiger partial charge in [0.25, 0.3) is 5.91 Å². The van der Waals surface area contributed by atoms with Crippen LogP contribution in [-0.2, 0) is 20.9 Å². The molecule has 0 radical (unpaired) electrons. The van der Waals surface area contributed by atoms with Crippen molar-refractivity contribution >= 4 is 44.5 Å². The first-order valence-electron chi connectivity index (χ1n) is 10.6. The van der Waals surface area contributed by atoms with Gasteiger partial charge in [-0.3, -0.25) is 9.69 Å². The summed E-state index contributed by atoms with van der Waals surface area (Å²) in [5, 5.41) is 17.1. The highest BCUT2D eigenvalue weighted by Crippen LogP contribution is 2.20. The minimum atomic E-state index is -1.82. The molecule has 34 heavy (non-hydrogen) atoms. The summed E-state index contributed by atoms with van der Waals surface area (Å²) in [6.07, 6.45) is 0. The summed E-state index contributed by atoms with van der Waals surface area (Å²) in [7, 11) is 0. The molecule has 0 unspecified atom stereocenters. The first-order chi connectivity index (χ1) is 16.3. The molecule has 0 atom stereocenters. The van der Waals surface area contributed by atoms with Gasteiger partial charge >= 0.3 is 11.9 Å². The summed E-state index contributed by atoms with van der Waals surface area (Å²) in [5.41, 5.74) is 1.29. The van der Waals surface area contributed by atoms with Crippen LogP contribution < -0.4 is 4.74 Å². The molecule has 3 aromatic carbocycles. The van der Waals surface area contributed by atoms with E-state index >= 15 is 0 Å². The Morgan fingerprint density at radius 1 is 0.824 bits per heavy atom. The summed E-state index contributed by atoms with van der Waals surface area (Å²) in [6.45, 7) is 4.27. The fourth-order valence-electron chi connectivity index (χ4n) is 3.50. The van der Waals surface area contributed by atoms with Crippen LogP contribution in [0.5, 0.6) is 5.75 Å². The molecule has 1 heterocycles. The Hall–Kier alpha value is -3.43. The second-order valence-electron chi connectivity index (χ2n) is 7.69. The van der Waals surface area contributed by atoms with Gasteiger partial charge in [-0.2, -0.15) is 0 Å². The predicted octanol–water partition coefficient (Wildman–Crippen LogP) is 3.48. The molecule has 1 aliphatic rings. The minimum Gasteiger partial charge on any atom is -0.484 e. The maximum absolute atomic E-state index is 12.5. The zero-order valence-corrected chi connectivity index (χ0v) is 20.0. The lowest BCUT2D eigenvalue weighted by molar-refractivity contribution is -0.159. The third kappa shape index (κ3) is 7.57. The maximum Gasteiger partial charge on any atom is 0.414 e. The average Bonchev–Trinajstić information content (AvgIpc) is 2.84. The topological polar surface area (TPSA) is 107 Å². The van der Waals surface area contributed by atoms with Gasteiger partial charge in [-0.15, -0.1) is 0 Å². The van der Waals surface area contributed by atoms with Crippen molar-refractivity contribution in [3.05, 3.63) is 76.8 Å². The van der Waals surface area contributed by atoms with Crippen molar-refractivity contribution in [3.8, 4) is 5.75 Å². The van der Waals surface area contributed by atoms with Crippen LogP contribution in [-0.4, -0.2) is 70.6 Å². The largest absolute Gasteiger partial charge is 0.484 e. The highest BCUT2D eigenvalue weighted by Gasteiger charge is 2.21. The van der Waals surface area contributed by atoms with Gasteiger partial charge < -0.3 is 19.8 Å². The molecule has 8 nitrogen and oxygen atoms in total. The van der Waals surface area contributed by atoms with Crippen LogP contribution in [0.25, 0.3) is 10.8 Å². The third-order valence-electron chi connectivity index (χ3n) is 5.31. The van der Waals surface area contributed by atoms with Crippen molar-refractivity contribution in [1.29, 1.82) is 0 Å². The number of piperazine rings is 1. The van der Waals surface area contributed by atoms with Crippen LogP contribution >= 0.6 is 15.9 Å². The molecule has 9 heteroatoms. The zero-order valence-electron chi connectivity index (χ0n) is 18.4. The number of carboxylic acid groups (broad SMARTS) is 2. The Balaban J connectivity index is 0.000000481. The van der Waals surface area contributed by atoms with E-state index in [0.717, 1.165) is 48.3 Å². The number of hydrogen-bond acceptors (Lipinski definition) is 5. The van der Waals surface area contributed by atoms with Crippen LogP contribution in [0.4, 0.5) is 0 Å². The van der Waals surface area contributed by atoms with E-state index < -0.39 is 11.9 Å². The number of carbonyl (C=O) groups is 3. The van der Waals surface area contributed by atoms with Gasteiger partial charge in [-0.1, -0.05) is 58.4 Å². The molecule has 3 aromatic rings. The molecular weight excluding hydrogens is 504 g/mol. The normalized spacial score (nSPS) is 13.6. The molecule has 0 spiro atoms. The monoisotopic (exact) mass is 528 g/mol. The lowest BCUT2D eigenvalue weighted by atomic mass is 10.1. The smallest absolute Gasteiger partial charge is 0.414 e. The molecule has 1 amide bonds. The number of aliphatic carboxylic acids is 2. The van der Waals surface area contributed by atoms with Crippen molar-refractivity contribution in [2.75, 3.05) is 32.8 Å². The first-order valence-corrected chi connectivity index (χ1v) is 11.4. The van der Waals surface area contributed by atoms with E-state index in [2.05, 4.69) is 57.2 Å². The van der Waals surface area contributed by atoms with E-state index in [1.165, 1.54) is 10.9 Å². The fraction of sp³-hybridized carbons (Fsp3) is 0.240. The van der Waals surface area contributed by atoms with Gasteiger partial charge in [0, 0.05) is 37.2 Å². The second kappa shape index (κ2) is 12.2. The van der Waals surface area contributed by atoms with Crippen molar-refractivity contribution in [1.82, 2.24) is 9.80 Å². The molecule has 1 fully saturated rings. The number of amides is 1. The second-order valence-corrected chi connectivity index (χ2v) is 8.61. The molecular formula is C25H25BrN2O6. The SMILES string of the molecule is O=C(COc1ccc2ccccc2c1)N1CCN(Cc2ccc(Br)cc2)CC1.O=C(O)C(=O)O. The van der Waals surface area contributed by atoms with E-state index in [0.29, 0.717) is 0 Å². The summed E-state index contributed by atoms with van der Waals surface area (Å²) in [6, 6.07) is 22.5. The van der Waals surface area contributed by atoms with E-state index in [4.69, 9.17) is 24.5 Å². The van der Waals surface area contributed by atoms with Gasteiger partial charge in [0.15, 0.2) is 6.61 Å². The third-order valence-corrected chi connectivity index (χ3v) is 5.84. The molecule has 1 saturated heterocycles. The van der Waals surface area contributed by atoms with E-state index in [1.807, 2.05) is 35.2 Å². The Morgan fingerprint density at radius 3 is 2.06 bits per heavy atom. The van der Waals surface area contributed by atoms with Crippen LogP contribution in [0.3, 0.4) is 0 Å². The summed E-state index contributed by atoms with van der Waals surface area (Å²) < 4.78 is 6.85. The number of rotatable bonds is 5. The lowest BCUT2D eigenvalue weighted by Gasteiger charge is -2.34. The molecule has 1 aliphatic heterocycles. The van der Waals surface area contributed by atoms with Gasteiger partial charge in [-0.25, -0.2) is 9.59 Å². The molecule has 0 saturated carbocycles. The Kier molecular flexibility index (Phi) is 9.00. The Bertz CT molecular complexity index is 1130. The van der Waals surface area contributed by atoms with Crippen LogP contribution in [0.2, 0.25) is 0 Å². The Labute approximate surface area is 205 Å². The van der Waals surface area contributed by atoms with E-state index in [1.54, 1.807) is 0 Å². The maximum atomic E-state index is 12.5. The van der Waals surface area contributed by atoms with Gasteiger partial charge in [0.05, 0.1) is 0 Å². The highest BCUT2D eigenvalue weighted by molar-refractivity contribution is 9.10. The number of halogens is 1. The van der Waals surface area contributed by atoms with Crippen LogP contribution in [0.1, 0.15) is 5.56 Å². The van der Waals surface area contributed by atoms with Crippen molar-refractivity contribution in [2.24, 2.45) is 0 Å². The van der Waals surface area contributed by atoms with E-state index in [9.17, 15) is 4.79 Å². The lowest BCUT2D eigenvalue weighted by Crippen LogP contribution is -2.49. The summed E-state index contributed by atoms with van der Waals surface area (Å²) in [4.78, 5) is 35.0. The van der Waals surface area contributed by atoms with Crippen molar-refractivity contribution < 1.29 is 29.3 Å². The molecule has 4 rings (SSSR count). The summed E-state index contributed by atoms with van der Waals surface area (Å²) in [5.74, 6) is -2.86. The van der Waals surface area contributed by atoms with Crippen LogP contribution in [0.15, 0.2) is 71.2 Å². The number of hydrogen-bond donors (Lipinski definition) is 2. The predicted molar refractivity (Wildman–Crippen MR) is 131 cm³/mol. The molecule has 0 aliphatic carbocycles. The van der Waals surface area contributed by atoms with Crippen LogP contribution in [0, 0.1) is 0 Å². The van der Waals surface area contributed by atoms with Gasteiger partial charge in [0.1, 0.15) is 5.75 Å². The summed E-state index contributed by atoms with van der Waals surface area (Å²) >= 11 is 3.47. The number of benzene rings is 3. The number of carboxylic acids is 2. The standard InChI is InChI=1S/C23H23BrN2O2.C2H2O4/c24-21-8-5-18(6-9-21)16-25-11-13-26(14-12-25)23(27)17-28-22-10-7-19-3-1-2-4-20(19)15-22;3-1(4)2(5)6/h1-10,15H,11-14,16-17H2;(H,3,4)(H,5,6). The number of ether oxygens (including phenoxy) is 1. The molecule has 0 bridgehead atoms. The fourth-order valence-corrected chi connectivity index (χ4v) is 3.76. The number of carbonyl (C=O) groups excluding carboxylic acids is 1. The minimum absolute atomic E-state index is 0.0523. The van der Waals surface area contributed by atoms with Gasteiger partial charge in [-0.05, 0) is 40.6 Å². The Morgan fingerprint density at radius 2 is 1.44 bits per heavy atom. The highest BCUT2D eigenvalue weighted by atomic mass is 79.9. The number of nitrogens with zero attached hydrogens (tertiary/aromatic N) is 2. The molecule has 178 valence electrons. The number of fused-ring (bicyclic) bond motifs is 1.